The van der Waals surface area contributed by atoms with Crippen LogP contribution in [0, 0.1) is 10.8 Å². The molecular formula is C13H25NS. The van der Waals surface area contributed by atoms with Crippen molar-refractivity contribution in [3.63, 3.8) is 0 Å². The number of thioether (sulfide) groups is 1. The van der Waals surface area contributed by atoms with Crippen LogP contribution in [0.3, 0.4) is 0 Å². The van der Waals surface area contributed by atoms with Crippen molar-refractivity contribution in [2.45, 2.75) is 64.8 Å². The molecule has 1 nitrogen and oxygen atoms in total. The van der Waals surface area contributed by atoms with Crippen molar-refractivity contribution in [3.05, 3.63) is 0 Å². The quantitative estimate of drug-likeness (QED) is 0.777. The Morgan fingerprint density at radius 2 is 1.73 bits per heavy atom. The normalized spacial score (nSPS) is 39.0. The zero-order chi connectivity index (χ0) is 11.3. The lowest BCUT2D eigenvalue weighted by atomic mass is 10.0. The summed E-state index contributed by atoms with van der Waals surface area (Å²) in [6.45, 7) is 12.0. The van der Waals surface area contributed by atoms with E-state index < -0.39 is 0 Å². The molecule has 2 fully saturated rings. The van der Waals surface area contributed by atoms with Crippen LogP contribution in [0.25, 0.3) is 0 Å². The molecule has 1 heterocycles. The fourth-order valence-electron chi connectivity index (χ4n) is 2.97. The van der Waals surface area contributed by atoms with E-state index in [0.29, 0.717) is 10.8 Å². The fourth-order valence-corrected chi connectivity index (χ4v) is 4.12. The van der Waals surface area contributed by atoms with Gasteiger partial charge in [-0.2, -0.15) is 11.8 Å². The van der Waals surface area contributed by atoms with Gasteiger partial charge in [-0.15, -0.1) is 0 Å². The first-order valence-corrected chi connectivity index (χ1v) is 7.30. The Morgan fingerprint density at radius 1 is 1.13 bits per heavy atom. The zero-order valence-electron chi connectivity index (χ0n) is 10.8. The maximum Gasteiger partial charge on any atom is 0.0187 e. The van der Waals surface area contributed by atoms with E-state index in [1.165, 1.54) is 18.6 Å². The number of rotatable bonds is 2. The van der Waals surface area contributed by atoms with Gasteiger partial charge in [-0.3, -0.25) is 0 Å². The third-order valence-electron chi connectivity index (χ3n) is 5.01. The smallest absolute Gasteiger partial charge is 0.0187 e. The van der Waals surface area contributed by atoms with Gasteiger partial charge in [-0.05, 0) is 29.4 Å². The molecular weight excluding hydrogens is 202 g/mol. The van der Waals surface area contributed by atoms with E-state index in [1.807, 2.05) is 0 Å². The molecule has 88 valence electrons. The summed E-state index contributed by atoms with van der Waals surface area (Å²) >= 11 is 2.13. The molecule has 0 spiro atoms. The van der Waals surface area contributed by atoms with E-state index in [2.05, 4.69) is 51.7 Å². The molecule has 1 aliphatic carbocycles. The van der Waals surface area contributed by atoms with Crippen LogP contribution in [0.15, 0.2) is 0 Å². The Hall–Kier alpha value is 0.310. The molecule has 2 aliphatic rings. The van der Waals surface area contributed by atoms with Crippen molar-refractivity contribution in [2.24, 2.45) is 10.8 Å². The topological polar surface area (TPSA) is 12.0 Å². The molecule has 2 atom stereocenters. The second kappa shape index (κ2) is 3.66. The number of hydrogen-bond donors (Lipinski definition) is 1. The molecule has 1 aliphatic heterocycles. The van der Waals surface area contributed by atoms with E-state index in [9.17, 15) is 0 Å². The maximum atomic E-state index is 3.90. The van der Waals surface area contributed by atoms with Crippen LogP contribution in [0.4, 0.5) is 0 Å². The first-order chi connectivity index (χ1) is 6.87. The van der Waals surface area contributed by atoms with Gasteiger partial charge in [0.2, 0.25) is 0 Å². The maximum absolute atomic E-state index is 3.90. The van der Waals surface area contributed by atoms with Crippen LogP contribution in [0.5, 0.6) is 0 Å². The Balaban J connectivity index is 1.93. The predicted molar refractivity (Wildman–Crippen MR) is 69.4 cm³/mol. The summed E-state index contributed by atoms with van der Waals surface area (Å²) in [6.07, 6.45) is 2.76. The minimum Gasteiger partial charge on any atom is -0.309 e. The predicted octanol–water partition coefficient (Wildman–Crippen LogP) is 3.29. The highest BCUT2D eigenvalue weighted by atomic mass is 32.2. The van der Waals surface area contributed by atoms with Crippen LogP contribution in [0.2, 0.25) is 0 Å². The lowest BCUT2D eigenvalue weighted by molar-refractivity contribution is 0.423. The van der Waals surface area contributed by atoms with Crippen molar-refractivity contribution < 1.29 is 0 Å². The molecule has 15 heavy (non-hydrogen) atoms. The molecule has 0 aromatic carbocycles. The molecule has 2 rings (SSSR count). The summed E-state index contributed by atoms with van der Waals surface area (Å²) in [5, 5.41) is 4.70. The lowest BCUT2D eigenvalue weighted by Crippen LogP contribution is -2.42. The Bertz CT molecular complexity index is 233. The lowest BCUT2D eigenvalue weighted by Gasteiger charge is -2.30. The van der Waals surface area contributed by atoms with Crippen LogP contribution < -0.4 is 5.32 Å². The first-order valence-electron chi connectivity index (χ1n) is 6.25. The van der Waals surface area contributed by atoms with Gasteiger partial charge in [0.1, 0.15) is 0 Å². The molecule has 1 saturated carbocycles. The average Bonchev–Trinajstić information content (AvgIpc) is 2.51. The molecule has 0 aromatic heterocycles. The second-order valence-electron chi connectivity index (χ2n) is 6.37. The summed E-state index contributed by atoms with van der Waals surface area (Å²) < 4.78 is 0. The third-order valence-corrected chi connectivity index (χ3v) is 6.39. The SMILES string of the molecule is CC1SCCCC1NC1C(C)(C)C1(C)C. The van der Waals surface area contributed by atoms with Crippen LogP contribution in [-0.2, 0) is 0 Å². The second-order valence-corrected chi connectivity index (χ2v) is 7.85. The van der Waals surface area contributed by atoms with Gasteiger partial charge in [0.05, 0.1) is 0 Å². The van der Waals surface area contributed by atoms with Crippen LogP contribution in [0.1, 0.15) is 47.5 Å². The van der Waals surface area contributed by atoms with Crippen LogP contribution >= 0.6 is 11.8 Å². The summed E-state index contributed by atoms with van der Waals surface area (Å²) in [5.41, 5.74) is 0.962. The highest BCUT2D eigenvalue weighted by molar-refractivity contribution is 7.99. The highest BCUT2D eigenvalue weighted by Crippen LogP contribution is 2.63. The molecule has 2 unspecified atom stereocenters. The van der Waals surface area contributed by atoms with Crippen molar-refractivity contribution in [2.75, 3.05) is 5.75 Å². The van der Waals surface area contributed by atoms with E-state index in [0.717, 1.165) is 17.3 Å². The average molecular weight is 227 g/mol. The molecule has 0 aromatic rings. The molecule has 1 saturated heterocycles. The number of nitrogens with one attached hydrogen (secondary N) is 1. The Kier molecular flexibility index (Phi) is 2.88. The Labute approximate surface area is 98.8 Å². The van der Waals surface area contributed by atoms with Crippen molar-refractivity contribution >= 4 is 11.8 Å². The molecule has 0 amide bonds. The molecule has 0 bridgehead atoms. The first kappa shape index (κ1) is 11.8. The van der Waals surface area contributed by atoms with E-state index in [1.54, 1.807) is 0 Å². The van der Waals surface area contributed by atoms with Crippen LogP contribution in [-0.4, -0.2) is 23.1 Å². The minimum atomic E-state index is 0.481. The minimum absolute atomic E-state index is 0.481. The van der Waals surface area contributed by atoms with Gasteiger partial charge in [-0.1, -0.05) is 34.6 Å². The van der Waals surface area contributed by atoms with Gasteiger partial charge in [0.25, 0.3) is 0 Å². The molecule has 1 N–H and O–H groups in total. The Morgan fingerprint density at radius 3 is 2.20 bits per heavy atom. The van der Waals surface area contributed by atoms with E-state index >= 15 is 0 Å². The summed E-state index contributed by atoms with van der Waals surface area (Å²) in [5.74, 6) is 1.36. The monoisotopic (exact) mass is 227 g/mol. The molecule has 0 radical (unpaired) electrons. The number of hydrogen-bond acceptors (Lipinski definition) is 2. The van der Waals surface area contributed by atoms with Gasteiger partial charge in [-0.25, -0.2) is 0 Å². The van der Waals surface area contributed by atoms with Crippen molar-refractivity contribution in [1.82, 2.24) is 5.32 Å². The standard InChI is InChI=1S/C13H25NS/c1-9-10(7-6-8-15-9)14-11-12(2,3)13(11,4)5/h9-11,14H,6-8H2,1-5H3. The summed E-state index contributed by atoms with van der Waals surface area (Å²) in [6, 6.07) is 1.46. The fraction of sp³-hybridized carbons (Fsp3) is 1.00. The molecule has 2 heteroatoms. The van der Waals surface area contributed by atoms with Gasteiger partial charge >= 0.3 is 0 Å². The van der Waals surface area contributed by atoms with Gasteiger partial charge in [0.15, 0.2) is 0 Å². The van der Waals surface area contributed by atoms with Gasteiger partial charge in [0, 0.05) is 17.3 Å². The third kappa shape index (κ3) is 1.84. The summed E-state index contributed by atoms with van der Waals surface area (Å²) in [7, 11) is 0. The highest BCUT2D eigenvalue weighted by Gasteiger charge is 2.65. The summed E-state index contributed by atoms with van der Waals surface area (Å²) in [4.78, 5) is 0. The van der Waals surface area contributed by atoms with Crippen molar-refractivity contribution in [3.8, 4) is 0 Å². The van der Waals surface area contributed by atoms with Crippen molar-refractivity contribution in [1.29, 1.82) is 0 Å². The van der Waals surface area contributed by atoms with E-state index in [4.69, 9.17) is 0 Å². The largest absolute Gasteiger partial charge is 0.309 e. The van der Waals surface area contributed by atoms with Gasteiger partial charge < -0.3 is 5.32 Å². The zero-order valence-corrected chi connectivity index (χ0v) is 11.6. The van der Waals surface area contributed by atoms with E-state index in [-0.39, 0.29) is 0 Å².